The Hall–Kier alpha value is -1.09. The fourth-order valence-electron chi connectivity index (χ4n) is 0.701. The summed E-state index contributed by atoms with van der Waals surface area (Å²) in [4.78, 5) is 0. The van der Waals surface area contributed by atoms with Crippen LogP contribution in [0.2, 0.25) is 0 Å². The van der Waals surface area contributed by atoms with E-state index in [4.69, 9.17) is 0 Å². The summed E-state index contributed by atoms with van der Waals surface area (Å²) >= 11 is 0. The number of nitrogens with zero attached hydrogens (tertiary/aromatic N) is 1. The van der Waals surface area contributed by atoms with Crippen molar-refractivity contribution in [3.05, 3.63) is 35.9 Å². The van der Waals surface area contributed by atoms with Crippen LogP contribution in [0, 0.1) is 0 Å². The summed E-state index contributed by atoms with van der Waals surface area (Å²) in [6, 6.07) is 9.51. The summed E-state index contributed by atoms with van der Waals surface area (Å²) in [5.74, 6) is 0. The minimum absolute atomic E-state index is 0.941. The molecular formula is C8H9NOS. The summed E-state index contributed by atoms with van der Waals surface area (Å²) < 4.78 is 14.5. The van der Waals surface area contributed by atoms with Gasteiger partial charge in [-0.1, -0.05) is 30.3 Å². The van der Waals surface area contributed by atoms with Crippen LogP contribution in [-0.4, -0.2) is 16.6 Å². The van der Waals surface area contributed by atoms with Crippen molar-refractivity contribution in [3.63, 3.8) is 0 Å². The zero-order valence-corrected chi connectivity index (χ0v) is 7.04. The van der Waals surface area contributed by atoms with Gasteiger partial charge in [0.1, 0.15) is 0 Å². The van der Waals surface area contributed by atoms with Gasteiger partial charge in [0, 0.05) is 12.4 Å². The molecule has 0 radical (unpaired) electrons. The van der Waals surface area contributed by atoms with E-state index < -0.39 is 10.2 Å². The monoisotopic (exact) mass is 167 g/mol. The molecule has 0 unspecified atom stereocenters. The Labute approximate surface area is 67.7 Å². The van der Waals surface area contributed by atoms with Crippen molar-refractivity contribution in [3.8, 4) is 0 Å². The molecule has 0 aliphatic carbocycles. The highest BCUT2D eigenvalue weighted by atomic mass is 32.2. The molecule has 1 aromatic carbocycles. The number of benzene rings is 1. The molecule has 2 nitrogen and oxygen atoms in total. The molecule has 0 amide bonds. The van der Waals surface area contributed by atoms with Crippen molar-refractivity contribution in [1.29, 1.82) is 0 Å². The topological polar surface area (TPSA) is 29.4 Å². The Balaban J connectivity index is 3.08. The first-order valence-corrected chi connectivity index (χ1v) is 4.40. The average Bonchev–Trinajstić information content (AvgIpc) is 2.06. The first-order chi connectivity index (χ1) is 5.33. The van der Waals surface area contributed by atoms with E-state index >= 15 is 0 Å². The Bertz CT molecular complexity index is 353. The van der Waals surface area contributed by atoms with Gasteiger partial charge in [-0.3, -0.25) is 0 Å². The van der Waals surface area contributed by atoms with Crippen LogP contribution in [0.3, 0.4) is 0 Å². The lowest BCUT2D eigenvalue weighted by Crippen LogP contribution is -1.78. The number of rotatable bonds is 1. The first kappa shape index (κ1) is 8.01. The lowest BCUT2D eigenvalue weighted by molar-refractivity contribution is 0.696. The molecule has 0 bridgehead atoms. The first-order valence-electron chi connectivity index (χ1n) is 3.23. The van der Waals surface area contributed by atoms with E-state index in [-0.39, 0.29) is 0 Å². The predicted octanol–water partition coefficient (Wildman–Crippen LogP) is 1.40. The molecule has 0 fully saturated rings. The van der Waals surface area contributed by atoms with Crippen LogP contribution in [-0.2, 0) is 10.2 Å². The van der Waals surface area contributed by atoms with Gasteiger partial charge in [0.15, 0.2) is 0 Å². The maximum Gasteiger partial charge on any atom is 0.0967 e. The van der Waals surface area contributed by atoms with Crippen molar-refractivity contribution >= 4 is 15.6 Å². The molecule has 0 aliphatic heterocycles. The molecule has 0 atom stereocenters. The van der Waals surface area contributed by atoms with E-state index in [1.165, 1.54) is 7.05 Å². The zero-order valence-electron chi connectivity index (χ0n) is 6.23. The summed E-state index contributed by atoms with van der Waals surface area (Å²) in [6.45, 7) is 0. The van der Waals surface area contributed by atoms with Crippen molar-refractivity contribution in [1.82, 2.24) is 0 Å². The maximum absolute atomic E-state index is 10.9. The van der Waals surface area contributed by atoms with Crippen LogP contribution >= 0.6 is 0 Å². The minimum Gasteiger partial charge on any atom is -0.210 e. The van der Waals surface area contributed by atoms with Crippen molar-refractivity contribution in [2.24, 2.45) is 4.36 Å². The third-order valence-electron chi connectivity index (χ3n) is 1.22. The van der Waals surface area contributed by atoms with E-state index in [1.807, 2.05) is 30.3 Å². The number of hydrogen-bond acceptors (Lipinski definition) is 2. The fourth-order valence-corrected chi connectivity index (χ4v) is 1.20. The summed E-state index contributed by atoms with van der Waals surface area (Å²) in [7, 11) is 0.359. The van der Waals surface area contributed by atoms with Crippen LogP contribution in [0.5, 0.6) is 0 Å². The second-order valence-electron chi connectivity index (χ2n) is 1.99. The van der Waals surface area contributed by atoms with Crippen LogP contribution in [0.15, 0.2) is 34.7 Å². The van der Waals surface area contributed by atoms with E-state index in [1.54, 1.807) is 5.37 Å². The van der Waals surface area contributed by atoms with Crippen LogP contribution in [0.25, 0.3) is 0 Å². The zero-order chi connectivity index (χ0) is 8.10. The molecule has 11 heavy (non-hydrogen) atoms. The molecule has 0 spiro atoms. The fraction of sp³-hybridized carbons (Fsp3) is 0.125. The van der Waals surface area contributed by atoms with Crippen molar-refractivity contribution in [2.75, 3.05) is 7.05 Å². The Kier molecular flexibility index (Phi) is 2.86. The van der Waals surface area contributed by atoms with Gasteiger partial charge in [-0.2, -0.15) is 0 Å². The summed E-state index contributed by atoms with van der Waals surface area (Å²) in [5.41, 5.74) is 0.941. The second-order valence-corrected chi connectivity index (χ2v) is 3.14. The number of hydrogen-bond donors (Lipinski definition) is 0. The quantitative estimate of drug-likeness (QED) is 0.581. The van der Waals surface area contributed by atoms with Crippen molar-refractivity contribution < 1.29 is 4.21 Å². The minimum atomic E-state index is -1.18. The molecule has 58 valence electrons. The molecular weight excluding hydrogens is 158 g/mol. The molecule has 0 aliphatic rings. The van der Waals surface area contributed by atoms with E-state index in [0.717, 1.165) is 5.56 Å². The van der Waals surface area contributed by atoms with Gasteiger partial charge >= 0.3 is 0 Å². The lowest BCUT2D eigenvalue weighted by Gasteiger charge is -1.85. The van der Waals surface area contributed by atoms with E-state index in [0.29, 0.717) is 0 Å². The van der Waals surface area contributed by atoms with E-state index in [2.05, 4.69) is 4.36 Å². The Morgan fingerprint density at radius 2 is 2.00 bits per heavy atom. The SMILES string of the molecule is CN=S(=O)=Cc1ccccc1. The highest BCUT2D eigenvalue weighted by molar-refractivity contribution is 7.74. The summed E-state index contributed by atoms with van der Waals surface area (Å²) in [6.07, 6.45) is 0. The predicted molar refractivity (Wildman–Crippen MR) is 48.1 cm³/mol. The lowest BCUT2D eigenvalue weighted by atomic mass is 10.2. The largest absolute Gasteiger partial charge is 0.210 e. The molecule has 0 saturated heterocycles. The van der Waals surface area contributed by atoms with Crippen molar-refractivity contribution in [2.45, 2.75) is 0 Å². The molecule has 0 heterocycles. The van der Waals surface area contributed by atoms with Gasteiger partial charge in [0.25, 0.3) is 0 Å². The molecule has 3 heteroatoms. The molecule has 0 aromatic heterocycles. The third-order valence-corrected chi connectivity index (χ3v) is 2.05. The maximum atomic E-state index is 10.9. The highest BCUT2D eigenvalue weighted by Gasteiger charge is 1.81. The van der Waals surface area contributed by atoms with Crippen LogP contribution in [0.4, 0.5) is 0 Å². The smallest absolute Gasteiger partial charge is 0.0967 e. The standard InChI is InChI=1S/C8H9NOS/c1-9-11(10)7-8-5-3-2-4-6-8/h2-7H,1H3. The van der Waals surface area contributed by atoms with Gasteiger partial charge in [0.05, 0.1) is 10.2 Å². The van der Waals surface area contributed by atoms with Gasteiger partial charge < -0.3 is 0 Å². The van der Waals surface area contributed by atoms with Gasteiger partial charge in [-0.25, -0.2) is 8.57 Å². The molecule has 1 rings (SSSR count). The van der Waals surface area contributed by atoms with E-state index in [9.17, 15) is 4.21 Å². The second kappa shape index (κ2) is 3.93. The average molecular weight is 167 g/mol. The van der Waals surface area contributed by atoms with Crippen LogP contribution in [0.1, 0.15) is 5.56 Å². The highest BCUT2D eigenvalue weighted by Crippen LogP contribution is 1.92. The molecule has 0 N–H and O–H groups in total. The van der Waals surface area contributed by atoms with Crippen LogP contribution < -0.4 is 0 Å². The molecule has 1 aromatic rings. The van der Waals surface area contributed by atoms with Gasteiger partial charge in [-0.15, -0.1) is 0 Å². The summed E-state index contributed by atoms with van der Waals surface area (Å²) in [5, 5.41) is 1.61. The van der Waals surface area contributed by atoms with Gasteiger partial charge in [0.2, 0.25) is 0 Å². The third kappa shape index (κ3) is 2.55. The normalized spacial score (nSPS) is 8.82. The Morgan fingerprint density at radius 3 is 2.55 bits per heavy atom. The van der Waals surface area contributed by atoms with Gasteiger partial charge in [-0.05, 0) is 5.56 Å². The Morgan fingerprint density at radius 1 is 1.36 bits per heavy atom. The molecule has 0 saturated carbocycles.